The number of nitrogens with zero attached hydrogens (tertiary/aromatic N) is 2. The number of piperidine rings is 1. The molecule has 2 aliphatic heterocycles. The van der Waals surface area contributed by atoms with Gasteiger partial charge in [-0.05, 0) is 31.2 Å². The Morgan fingerprint density at radius 3 is 2.67 bits per heavy atom. The highest BCUT2D eigenvalue weighted by Crippen LogP contribution is 2.39. The molecule has 3 amide bonds. The van der Waals surface area contributed by atoms with Gasteiger partial charge in [0.15, 0.2) is 0 Å². The van der Waals surface area contributed by atoms with Crippen LogP contribution in [0.3, 0.4) is 0 Å². The van der Waals surface area contributed by atoms with Crippen molar-refractivity contribution in [3.63, 3.8) is 0 Å². The summed E-state index contributed by atoms with van der Waals surface area (Å²) >= 11 is 2.64. The van der Waals surface area contributed by atoms with E-state index in [1.54, 1.807) is 11.8 Å². The third kappa shape index (κ3) is 4.04. The Morgan fingerprint density at radius 2 is 2.07 bits per heavy atom. The Morgan fingerprint density at radius 1 is 1.33 bits per heavy atom. The van der Waals surface area contributed by atoms with E-state index in [-0.39, 0.29) is 30.6 Å². The highest BCUT2D eigenvalue weighted by Gasteiger charge is 2.44. The number of aliphatic hydroxyl groups excluding tert-OH is 1. The average Bonchev–Trinajstić information content (AvgIpc) is 3.27. The zero-order chi connectivity index (χ0) is 19.4. The van der Waals surface area contributed by atoms with Crippen LogP contribution in [-0.2, 0) is 14.3 Å². The van der Waals surface area contributed by atoms with E-state index < -0.39 is 0 Å². The maximum Gasteiger partial charge on any atom is 0.409 e. The Balaban J connectivity index is 1.76. The van der Waals surface area contributed by atoms with Gasteiger partial charge in [0.25, 0.3) is 11.8 Å². The van der Waals surface area contributed by atoms with Crippen molar-refractivity contribution >= 4 is 46.6 Å². The maximum atomic E-state index is 13.1. The lowest BCUT2D eigenvalue weighted by Crippen LogP contribution is -2.49. The molecule has 0 aliphatic carbocycles. The van der Waals surface area contributed by atoms with Crippen molar-refractivity contribution < 1.29 is 24.2 Å². The zero-order valence-electron chi connectivity index (χ0n) is 15.1. The Kier molecular flexibility index (Phi) is 6.56. The van der Waals surface area contributed by atoms with E-state index in [9.17, 15) is 14.4 Å². The molecule has 9 heteroatoms. The zero-order valence-corrected chi connectivity index (χ0v) is 16.7. The molecule has 0 atom stereocenters. The van der Waals surface area contributed by atoms with E-state index >= 15 is 0 Å². The van der Waals surface area contributed by atoms with Gasteiger partial charge in [-0.2, -0.15) is 0 Å². The highest BCUT2D eigenvalue weighted by atomic mass is 32.2. The summed E-state index contributed by atoms with van der Waals surface area (Å²) in [4.78, 5) is 42.0. The third-order valence-corrected chi connectivity index (χ3v) is 6.48. The molecule has 7 nitrogen and oxygen atoms in total. The molecule has 1 aromatic heterocycles. The maximum absolute atomic E-state index is 13.1. The smallest absolute Gasteiger partial charge is 0.409 e. The van der Waals surface area contributed by atoms with E-state index in [1.165, 1.54) is 28.0 Å². The van der Waals surface area contributed by atoms with Crippen LogP contribution in [0.1, 0.15) is 24.6 Å². The number of rotatable bonds is 6. The number of thiophene rings is 1. The fraction of sp³-hybridized carbons (Fsp3) is 0.500. The minimum atomic E-state index is -0.355. The Labute approximate surface area is 166 Å². The second-order valence-corrected chi connectivity index (χ2v) is 8.20. The quantitative estimate of drug-likeness (QED) is 0.724. The standard InChI is InChI=1S/C18H22N2O5S2/c1-2-25-18(24)19-7-5-12(6-8-19)20-16(22)14(13-4-3-10-26-13)15(17(20)23)27-11-9-21/h3-4,10,12,21H,2,5-9,11H2,1H3. The second-order valence-electron chi connectivity index (χ2n) is 6.15. The van der Waals surface area contributed by atoms with Crippen molar-refractivity contribution in [3.05, 3.63) is 27.3 Å². The van der Waals surface area contributed by atoms with E-state index in [1.807, 2.05) is 17.5 Å². The fourth-order valence-corrected chi connectivity index (χ4v) is 4.99. The monoisotopic (exact) mass is 410 g/mol. The molecule has 0 spiro atoms. The second kappa shape index (κ2) is 8.90. The van der Waals surface area contributed by atoms with Crippen LogP contribution < -0.4 is 0 Å². The van der Waals surface area contributed by atoms with Gasteiger partial charge >= 0.3 is 6.09 Å². The van der Waals surface area contributed by atoms with Gasteiger partial charge in [0.05, 0.1) is 23.7 Å². The molecular weight excluding hydrogens is 388 g/mol. The van der Waals surface area contributed by atoms with Gasteiger partial charge in [0.1, 0.15) is 0 Å². The number of aliphatic hydroxyl groups is 1. The van der Waals surface area contributed by atoms with Crippen LogP contribution >= 0.6 is 23.1 Å². The number of likely N-dealkylation sites (tertiary alicyclic amines) is 1. The first kappa shape index (κ1) is 19.9. The Bertz CT molecular complexity index is 739. The molecule has 1 saturated heterocycles. The summed E-state index contributed by atoms with van der Waals surface area (Å²) in [6.45, 7) is 2.92. The van der Waals surface area contributed by atoms with Crippen LogP contribution in [0, 0.1) is 0 Å². The minimum absolute atomic E-state index is 0.0642. The molecule has 0 aromatic carbocycles. The van der Waals surface area contributed by atoms with Crippen LogP contribution in [0.2, 0.25) is 0 Å². The molecule has 0 unspecified atom stereocenters. The number of carbonyl (C=O) groups excluding carboxylic acids is 3. The van der Waals surface area contributed by atoms with E-state index in [2.05, 4.69) is 0 Å². The van der Waals surface area contributed by atoms with Crippen molar-refractivity contribution in [1.82, 2.24) is 9.80 Å². The first-order chi connectivity index (χ1) is 13.1. The minimum Gasteiger partial charge on any atom is -0.450 e. The lowest BCUT2D eigenvalue weighted by Gasteiger charge is -2.35. The number of carbonyl (C=O) groups is 3. The van der Waals surface area contributed by atoms with Gasteiger partial charge in [-0.15, -0.1) is 23.1 Å². The van der Waals surface area contributed by atoms with Crippen LogP contribution in [-0.4, -0.2) is 70.9 Å². The molecular formula is C18H22N2O5S2. The molecule has 3 heterocycles. The highest BCUT2D eigenvalue weighted by molar-refractivity contribution is 8.04. The normalized spacial score (nSPS) is 18.6. The molecule has 0 bridgehead atoms. The number of ether oxygens (including phenoxy) is 1. The lowest BCUT2D eigenvalue weighted by molar-refractivity contribution is -0.140. The fourth-order valence-electron chi connectivity index (χ4n) is 3.30. The van der Waals surface area contributed by atoms with Crippen molar-refractivity contribution in [2.75, 3.05) is 32.1 Å². The van der Waals surface area contributed by atoms with Crippen LogP contribution in [0.15, 0.2) is 22.4 Å². The summed E-state index contributed by atoms with van der Waals surface area (Å²) in [5, 5.41) is 11.0. The van der Waals surface area contributed by atoms with E-state index in [0.29, 0.717) is 48.8 Å². The van der Waals surface area contributed by atoms with Crippen molar-refractivity contribution in [3.8, 4) is 0 Å². The first-order valence-corrected chi connectivity index (χ1v) is 10.8. The molecule has 146 valence electrons. The van der Waals surface area contributed by atoms with E-state index in [0.717, 1.165) is 4.88 Å². The molecule has 27 heavy (non-hydrogen) atoms. The molecule has 1 aromatic rings. The molecule has 0 saturated carbocycles. The Hall–Kier alpha value is -1.84. The molecule has 2 aliphatic rings. The third-order valence-electron chi connectivity index (χ3n) is 4.53. The van der Waals surface area contributed by atoms with Crippen LogP contribution in [0.25, 0.3) is 5.57 Å². The van der Waals surface area contributed by atoms with Crippen molar-refractivity contribution in [2.24, 2.45) is 0 Å². The predicted molar refractivity (Wildman–Crippen MR) is 104 cm³/mol. The number of amides is 3. The molecule has 0 radical (unpaired) electrons. The molecule has 3 rings (SSSR count). The number of hydrogen-bond acceptors (Lipinski definition) is 7. The van der Waals surface area contributed by atoms with Gasteiger partial charge in [-0.1, -0.05) is 6.07 Å². The lowest BCUT2D eigenvalue weighted by atomic mass is 10.0. The summed E-state index contributed by atoms with van der Waals surface area (Å²) < 4.78 is 5.02. The summed E-state index contributed by atoms with van der Waals surface area (Å²) in [5.74, 6) is -0.216. The van der Waals surface area contributed by atoms with Gasteiger partial charge < -0.3 is 14.7 Å². The van der Waals surface area contributed by atoms with Gasteiger partial charge in [-0.25, -0.2) is 4.79 Å². The summed E-state index contributed by atoms with van der Waals surface area (Å²) in [6, 6.07) is 3.44. The first-order valence-electron chi connectivity index (χ1n) is 8.89. The molecule has 1 N–H and O–H groups in total. The summed E-state index contributed by atoms with van der Waals surface area (Å²) in [6.07, 6.45) is 0.712. The van der Waals surface area contributed by atoms with E-state index in [4.69, 9.17) is 9.84 Å². The predicted octanol–water partition coefficient (Wildman–Crippen LogP) is 2.17. The van der Waals surface area contributed by atoms with Crippen LogP contribution in [0.4, 0.5) is 4.79 Å². The van der Waals surface area contributed by atoms with Gasteiger partial charge in [0.2, 0.25) is 0 Å². The van der Waals surface area contributed by atoms with Gasteiger partial charge in [-0.3, -0.25) is 14.5 Å². The number of imide groups is 1. The largest absolute Gasteiger partial charge is 0.450 e. The SMILES string of the molecule is CCOC(=O)N1CCC(N2C(=O)C(SCCO)=C(c3cccs3)C2=O)CC1. The van der Waals surface area contributed by atoms with Gasteiger partial charge in [0, 0.05) is 29.8 Å². The average molecular weight is 411 g/mol. The van der Waals surface area contributed by atoms with Crippen LogP contribution in [0.5, 0.6) is 0 Å². The van der Waals surface area contributed by atoms with Crippen molar-refractivity contribution in [1.29, 1.82) is 0 Å². The number of thioether (sulfide) groups is 1. The van der Waals surface area contributed by atoms with Crippen molar-refractivity contribution in [2.45, 2.75) is 25.8 Å². The molecule has 1 fully saturated rings. The number of hydrogen-bond donors (Lipinski definition) is 1. The topological polar surface area (TPSA) is 87.2 Å². The summed E-state index contributed by atoms with van der Waals surface area (Å²) in [5.41, 5.74) is 0.432. The summed E-state index contributed by atoms with van der Waals surface area (Å²) in [7, 11) is 0.